The number of rotatable bonds is 4. The fourth-order valence-electron chi connectivity index (χ4n) is 3.01. The zero-order chi connectivity index (χ0) is 16.9. The first kappa shape index (κ1) is 15.4. The third kappa shape index (κ3) is 3.52. The lowest BCUT2D eigenvalue weighted by Crippen LogP contribution is -2.35. The maximum Gasteiger partial charge on any atom is 0.228 e. The van der Waals surface area contributed by atoms with E-state index >= 15 is 0 Å². The average molecular weight is 334 g/mol. The van der Waals surface area contributed by atoms with Gasteiger partial charge in [-0.15, -0.1) is 0 Å². The molecule has 1 aliphatic rings. The predicted octanol–water partition coefficient (Wildman–Crippen LogP) is 2.53. The predicted molar refractivity (Wildman–Crippen MR) is 93.3 cm³/mol. The number of hydrogen-bond acceptors (Lipinski definition) is 8. The second kappa shape index (κ2) is 7.16. The van der Waals surface area contributed by atoms with Gasteiger partial charge < -0.3 is 10.2 Å². The first-order valence-corrected chi connectivity index (χ1v) is 8.30. The van der Waals surface area contributed by atoms with Gasteiger partial charge in [-0.3, -0.25) is 4.98 Å². The molecule has 1 N–H and O–H groups in total. The van der Waals surface area contributed by atoms with E-state index in [-0.39, 0.29) is 6.04 Å². The van der Waals surface area contributed by atoms with E-state index in [9.17, 15) is 0 Å². The van der Waals surface area contributed by atoms with Gasteiger partial charge in [-0.1, -0.05) is 0 Å². The summed E-state index contributed by atoms with van der Waals surface area (Å²) in [5.74, 6) is 1.87. The third-order valence-electron chi connectivity index (χ3n) is 4.13. The maximum absolute atomic E-state index is 4.68. The lowest BCUT2D eigenvalue weighted by atomic mass is 9.99. The van der Waals surface area contributed by atoms with Crippen LogP contribution in [0.2, 0.25) is 0 Å². The molecule has 1 fully saturated rings. The molecular weight excluding hydrogens is 316 g/mol. The summed E-state index contributed by atoms with van der Waals surface area (Å²) in [7, 11) is 0. The molecule has 4 heterocycles. The van der Waals surface area contributed by atoms with Crippen molar-refractivity contribution in [3.05, 3.63) is 55.0 Å². The Balaban J connectivity index is 1.60. The number of hydrogen-bond donors (Lipinski definition) is 1. The monoisotopic (exact) mass is 334 g/mol. The van der Waals surface area contributed by atoms with Gasteiger partial charge in [0.05, 0.1) is 17.9 Å². The molecule has 3 aromatic heterocycles. The average Bonchev–Trinajstić information content (AvgIpc) is 2.70. The van der Waals surface area contributed by atoms with E-state index in [1.807, 2.05) is 12.1 Å². The summed E-state index contributed by atoms with van der Waals surface area (Å²) in [6, 6.07) is 3.92. The summed E-state index contributed by atoms with van der Waals surface area (Å²) in [5, 5.41) is 3.09. The molecule has 8 nitrogen and oxygen atoms in total. The van der Waals surface area contributed by atoms with E-state index in [1.165, 1.54) is 0 Å². The molecule has 3 aromatic rings. The van der Waals surface area contributed by atoms with Crippen molar-refractivity contribution in [2.75, 3.05) is 16.8 Å². The Morgan fingerprint density at radius 1 is 0.960 bits per heavy atom. The van der Waals surface area contributed by atoms with Crippen molar-refractivity contribution in [2.45, 2.75) is 25.3 Å². The van der Waals surface area contributed by atoms with Gasteiger partial charge in [0.15, 0.2) is 5.82 Å². The SMILES string of the molecule is c1cnc(N2CCCCC2c2ccnc(Nc3cnccn3)n2)nc1. The van der Waals surface area contributed by atoms with Crippen LogP contribution in [0.3, 0.4) is 0 Å². The lowest BCUT2D eigenvalue weighted by molar-refractivity contribution is 0.457. The van der Waals surface area contributed by atoms with Gasteiger partial charge in [-0.05, 0) is 31.4 Å². The molecular formula is C17H18N8. The molecule has 0 spiro atoms. The normalized spacial score (nSPS) is 17.3. The minimum atomic E-state index is 0.140. The van der Waals surface area contributed by atoms with Crippen molar-refractivity contribution < 1.29 is 0 Å². The van der Waals surface area contributed by atoms with E-state index < -0.39 is 0 Å². The van der Waals surface area contributed by atoms with Crippen LogP contribution in [-0.4, -0.2) is 36.4 Å². The number of aromatic nitrogens is 6. The zero-order valence-corrected chi connectivity index (χ0v) is 13.7. The fourth-order valence-corrected chi connectivity index (χ4v) is 3.01. The van der Waals surface area contributed by atoms with Crippen LogP contribution < -0.4 is 10.2 Å². The Morgan fingerprint density at radius 3 is 2.72 bits per heavy atom. The molecule has 25 heavy (non-hydrogen) atoms. The van der Waals surface area contributed by atoms with Crippen molar-refractivity contribution in [3.8, 4) is 0 Å². The summed E-state index contributed by atoms with van der Waals surface area (Å²) in [4.78, 5) is 28.2. The first-order valence-electron chi connectivity index (χ1n) is 8.30. The highest BCUT2D eigenvalue weighted by atomic mass is 15.3. The van der Waals surface area contributed by atoms with Crippen LogP contribution in [0.15, 0.2) is 49.3 Å². The molecule has 4 rings (SSSR count). The lowest BCUT2D eigenvalue weighted by Gasteiger charge is -2.35. The van der Waals surface area contributed by atoms with Crippen LogP contribution in [0.5, 0.6) is 0 Å². The van der Waals surface area contributed by atoms with Gasteiger partial charge in [0.1, 0.15) is 0 Å². The van der Waals surface area contributed by atoms with E-state index in [4.69, 9.17) is 0 Å². The summed E-state index contributed by atoms with van der Waals surface area (Å²) < 4.78 is 0. The van der Waals surface area contributed by atoms with Crippen molar-refractivity contribution in [3.63, 3.8) is 0 Å². The number of piperidine rings is 1. The molecule has 0 radical (unpaired) electrons. The van der Waals surface area contributed by atoms with Crippen molar-refractivity contribution >= 4 is 17.7 Å². The molecule has 0 amide bonds. The van der Waals surface area contributed by atoms with Crippen LogP contribution >= 0.6 is 0 Å². The molecule has 1 atom stereocenters. The molecule has 0 aromatic carbocycles. The van der Waals surface area contributed by atoms with Gasteiger partial charge in [0.25, 0.3) is 0 Å². The fraction of sp³-hybridized carbons (Fsp3) is 0.294. The highest BCUT2D eigenvalue weighted by molar-refractivity contribution is 5.46. The second-order valence-corrected chi connectivity index (χ2v) is 5.77. The Hall–Kier alpha value is -3.16. The first-order chi connectivity index (χ1) is 12.4. The van der Waals surface area contributed by atoms with Gasteiger partial charge >= 0.3 is 0 Å². The van der Waals surface area contributed by atoms with E-state index in [0.717, 1.165) is 37.4 Å². The van der Waals surface area contributed by atoms with E-state index in [2.05, 4.69) is 40.1 Å². The topological polar surface area (TPSA) is 92.6 Å². The molecule has 0 bridgehead atoms. The molecule has 1 aliphatic heterocycles. The third-order valence-corrected chi connectivity index (χ3v) is 4.13. The molecule has 1 unspecified atom stereocenters. The maximum atomic E-state index is 4.68. The Morgan fingerprint density at radius 2 is 1.88 bits per heavy atom. The Labute approximate surface area is 145 Å². The van der Waals surface area contributed by atoms with E-state index in [1.54, 1.807) is 37.2 Å². The summed E-state index contributed by atoms with van der Waals surface area (Å²) in [5.41, 5.74) is 0.952. The van der Waals surface area contributed by atoms with Crippen molar-refractivity contribution in [2.24, 2.45) is 0 Å². The van der Waals surface area contributed by atoms with Crippen molar-refractivity contribution in [1.82, 2.24) is 29.9 Å². The Kier molecular flexibility index (Phi) is 4.40. The van der Waals surface area contributed by atoms with E-state index in [0.29, 0.717) is 11.8 Å². The molecule has 0 saturated carbocycles. The van der Waals surface area contributed by atoms with Crippen LogP contribution in [0, 0.1) is 0 Å². The summed E-state index contributed by atoms with van der Waals surface area (Å²) >= 11 is 0. The smallest absolute Gasteiger partial charge is 0.228 e. The minimum Gasteiger partial charge on any atom is -0.332 e. The van der Waals surface area contributed by atoms with Crippen LogP contribution in [0.25, 0.3) is 0 Å². The molecule has 1 saturated heterocycles. The van der Waals surface area contributed by atoms with Crippen molar-refractivity contribution in [1.29, 1.82) is 0 Å². The summed E-state index contributed by atoms with van der Waals surface area (Å²) in [6.45, 7) is 0.922. The quantitative estimate of drug-likeness (QED) is 0.778. The summed E-state index contributed by atoms with van der Waals surface area (Å²) in [6.07, 6.45) is 13.5. The number of nitrogens with one attached hydrogen (secondary N) is 1. The highest BCUT2D eigenvalue weighted by Gasteiger charge is 2.27. The van der Waals surface area contributed by atoms with Crippen LogP contribution in [-0.2, 0) is 0 Å². The largest absolute Gasteiger partial charge is 0.332 e. The number of anilines is 3. The molecule has 0 aliphatic carbocycles. The minimum absolute atomic E-state index is 0.140. The molecule has 126 valence electrons. The van der Waals surface area contributed by atoms with Gasteiger partial charge in [0.2, 0.25) is 11.9 Å². The van der Waals surface area contributed by atoms with Crippen LogP contribution in [0.1, 0.15) is 31.0 Å². The molecule has 8 heteroatoms. The zero-order valence-electron chi connectivity index (χ0n) is 13.7. The van der Waals surface area contributed by atoms with Gasteiger partial charge in [-0.2, -0.15) is 0 Å². The van der Waals surface area contributed by atoms with Gasteiger partial charge in [0, 0.05) is 37.5 Å². The highest BCUT2D eigenvalue weighted by Crippen LogP contribution is 2.32. The second-order valence-electron chi connectivity index (χ2n) is 5.77. The standard InChI is InChI=1S/C17H18N8/c1-2-11-25(17-21-6-3-7-22-17)14(4-1)13-5-8-20-16(23-13)24-15-12-18-9-10-19-15/h3,5-10,12,14H,1-2,4,11H2,(H,19,20,23,24). The van der Waals surface area contributed by atoms with Crippen LogP contribution in [0.4, 0.5) is 17.7 Å². The Bertz CT molecular complexity index is 811. The number of nitrogens with zero attached hydrogens (tertiary/aromatic N) is 7. The van der Waals surface area contributed by atoms with Gasteiger partial charge in [-0.25, -0.2) is 24.9 Å².